The fourth-order valence-corrected chi connectivity index (χ4v) is 2.19. The number of nitrogens with zero attached hydrogens (tertiary/aromatic N) is 2. The van der Waals surface area contributed by atoms with Gasteiger partial charge in [-0.2, -0.15) is 13.2 Å². The highest BCUT2D eigenvalue weighted by Crippen LogP contribution is 2.38. The molecule has 2 aromatic rings. The number of hydrogen-bond acceptors (Lipinski definition) is 3. The third kappa shape index (κ3) is 3.23. The van der Waals surface area contributed by atoms with Gasteiger partial charge in [0.15, 0.2) is 0 Å². The monoisotopic (exact) mass is 326 g/mol. The first-order valence-electron chi connectivity index (χ1n) is 6.98. The number of halogens is 3. The van der Waals surface area contributed by atoms with Crippen LogP contribution in [0.2, 0.25) is 0 Å². The number of methoxy groups -OCH3 is 1. The van der Waals surface area contributed by atoms with Crippen LogP contribution in [0.25, 0.3) is 10.9 Å². The van der Waals surface area contributed by atoms with Crippen molar-refractivity contribution in [2.45, 2.75) is 26.1 Å². The van der Waals surface area contributed by atoms with E-state index < -0.39 is 23.2 Å². The van der Waals surface area contributed by atoms with E-state index in [1.165, 1.54) is 37.3 Å². The molecule has 0 unspecified atom stereocenters. The molecule has 23 heavy (non-hydrogen) atoms. The number of hydrogen-bond donors (Lipinski definition) is 0. The molecule has 2 rings (SSSR count). The van der Waals surface area contributed by atoms with Crippen molar-refractivity contribution in [3.8, 4) is 5.75 Å². The minimum atomic E-state index is -4.68. The number of rotatable bonds is 3. The second-order valence-corrected chi connectivity index (χ2v) is 5.44. The molecule has 0 bridgehead atoms. The van der Waals surface area contributed by atoms with Gasteiger partial charge in [0.05, 0.1) is 23.8 Å². The molecule has 0 aliphatic heterocycles. The standard InChI is InChI=1S/C16H17F3N2O2/c1-9(2)21(3)15(22)12-8-20-13-6-5-10(23-4)7-11(13)14(12)16(17,18)19/h5-9H,1-4H3. The van der Waals surface area contributed by atoms with Crippen molar-refractivity contribution in [2.75, 3.05) is 14.2 Å². The van der Waals surface area contributed by atoms with Crippen LogP contribution in [-0.2, 0) is 6.18 Å². The predicted octanol–water partition coefficient (Wildman–Crippen LogP) is 3.74. The van der Waals surface area contributed by atoms with Crippen molar-refractivity contribution in [2.24, 2.45) is 0 Å². The second-order valence-electron chi connectivity index (χ2n) is 5.44. The van der Waals surface area contributed by atoms with E-state index >= 15 is 0 Å². The van der Waals surface area contributed by atoms with Crippen molar-refractivity contribution >= 4 is 16.8 Å². The Morgan fingerprint density at radius 1 is 1.30 bits per heavy atom. The molecular weight excluding hydrogens is 309 g/mol. The molecule has 0 radical (unpaired) electrons. The molecular formula is C16H17F3N2O2. The fraction of sp³-hybridized carbons (Fsp3) is 0.375. The van der Waals surface area contributed by atoms with Gasteiger partial charge in [0, 0.05) is 24.7 Å². The molecule has 1 heterocycles. The third-order valence-corrected chi connectivity index (χ3v) is 3.68. The summed E-state index contributed by atoms with van der Waals surface area (Å²) in [4.78, 5) is 17.6. The Morgan fingerprint density at radius 2 is 1.96 bits per heavy atom. The summed E-state index contributed by atoms with van der Waals surface area (Å²) in [6.45, 7) is 3.45. The van der Waals surface area contributed by atoms with Gasteiger partial charge < -0.3 is 9.64 Å². The van der Waals surface area contributed by atoms with Crippen LogP contribution in [0.4, 0.5) is 13.2 Å². The lowest BCUT2D eigenvalue weighted by molar-refractivity contribution is -0.136. The van der Waals surface area contributed by atoms with Gasteiger partial charge in [-0.05, 0) is 32.0 Å². The number of aromatic nitrogens is 1. The van der Waals surface area contributed by atoms with Gasteiger partial charge >= 0.3 is 6.18 Å². The minimum absolute atomic E-state index is 0.153. The van der Waals surface area contributed by atoms with Crippen LogP contribution in [0.3, 0.4) is 0 Å². The predicted molar refractivity (Wildman–Crippen MR) is 80.5 cm³/mol. The summed E-state index contributed by atoms with van der Waals surface area (Å²) < 4.78 is 45.8. The zero-order valence-electron chi connectivity index (χ0n) is 13.2. The highest BCUT2D eigenvalue weighted by molar-refractivity contribution is 6.00. The van der Waals surface area contributed by atoms with Crippen LogP contribution in [-0.4, -0.2) is 36.0 Å². The third-order valence-electron chi connectivity index (χ3n) is 3.68. The van der Waals surface area contributed by atoms with Crippen LogP contribution in [0, 0.1) is 0 Å². The summed E-state index contributed by atoms with van der Waals surface area (Å²) in [6.07, 6.45) is -3.70. The molecule has 1 aromatic heterocycles. The van der Waals surface area contributed by atoms with E-state index in [1.54, 1.807) is 13.8 Å². The highest BCUT2D eigenvalue weighted by atomic mass is 19.4. The first-order chi connectivity index (χ1) is 10.7. The molecule has 1 aromatic carbocycles. The number of ether oxygens (including phenoxy) is 1. The summed E-state index contributed by atoms with van der Waals surface area (Å²) >= 11 is 0. The molecule has 0 spiro atoms. The Kier molecular flexibility index (Phi) is 4.49. The van der Waals surface area contributed by atoms with Crippen LogP contribution in [0.15, 0.2) is 24.4 Å². The Bertz CT molecular complexity index is 742. The van der Waals surface area contributed by atoms with Crippen LogP contribution in [0.1, 0.15) is 29.8 Å². The second kappa shape index (κ2) is 6.06. The van der Waals surface area contributed by atoms with E-state index in [0.29, 0.717) is 0 Å². The SMILES string of the molecule is COc1ccc2ncc(C(=O)N(C)C(C)C)c(C(F)(F)F)c2c1. The Labute approximate surface area is 131 Å². The Balaban J connectivity index is 2.77. The van der Waals surface area contributed by atoms with Crippen molar-refractivity contribution < 1.29 is 22.7 Å². The van der Waals surface area contributed by atoms with E-state index in [0.717, 1.165) is 6.20 Å². The van der Waals surface area contributed by atoms with Gasteiger partial charge in [-0.15, -0.1) is 0 Å². The van der Waals surface area contributed by atoms with Gasteiger partial charge in [0.2, 0.25) is 0 Å². The molecule has 0 saturated carbocycles. The average Bonchev–Trinajstić information content (AvgIpc) is 2.50. The number of pyridine rings is 1. The molecule has 124 valence electrons. The minimum Gasteiger partial charge on any atom is -0.497 e. The van der Waals surface area contributed by atoms with Gasteiger partial charge in [-0.1, -0.05) is 0 Å². The van der Waals surface area contributed by atoms with E-state index in [4.69, 9.17) is 4.74 Å². The van der Waals surface area contributed by atoms with Gasteiger partial charge in [0.1, 0.15) is 5.75 Å². The normalized spacial score (nSPS) is 11.8. The summed E-state index contributed by atoms with van der Waals surface area (Å²) in [6, 6.07) is 3.97. The molecule has 0 fully saturated rings. The Hall–Kier alpha value is -2.31. The number of amides is 1. The smallest absolute Gasteiger partial charge is 0.417 e. The zero-order chi connectivity index (χ0) is 17.4. The van der Waals surface area contributed by atoms with Crippen molar-refractivity contribution in [3.63, 3.8) is 0 Å². The molecule has 7 heteroatoms. The van der Waals surface area contributed by atoms with Gasteiger partial charge in [-0.25, -0.2) is 0 Å². The molecule has 1 amide bonds. The zero-order valence-corrected chi connectivity index (χ0v) is 13.2. The van der Waals surface area contributed by atoms with Gasteiger partial charge in [0.25, 0.3) is 5.91 Å². The van der Waals surface area contributed by atoms with Crippen molar-refractivity contribution in [3.05, 3.63) is 35.5 Å². The summed E-state index contributed by atoms with van der Waals surface area (Å²) in [5.41, 5.74) is -1.30. The molecule has 0 N–H and O–H groups in total. The first-order valence-corrected chi connectivity index (χ1v) is 6.98. The number of carbonyl (C=O) groups excluding carboxylic acids is 1. The van der Waals surface area contributed by atoms with E-state index in [9.17, 15) is 18.0 Å². The van der Waals surface area contributed by atoms with E-state index in [-0.39, 0.29) is 22.7 Å². The number of benzene rings is 1. The summed E-state index contributed by atoms with van der Waals surface area (Å²) in [5.74, 6) is -0.448. The summed E-state index contributed by atoms with van der Waals surface area (Å²) in [5, 5.41) is -0.153. The average molecular weight is 326 g/mol. The maximum atomic E-state index is 13.6. The Morgan fingerprint density at radius 3 is 2.48 bits per heavy atom. The van der Waals surface area contributed by atoms with E-state index in [2.05, 4.69) is 4.98 Å². The molecule has 4 nitrogen and oxygen atoms in total. The van der Waals surface area contributed by atoms with Crippen LogP contribution >= 0.6 is 0 Å². The first kappa shape index (κ1) is 17.1. The number of carbonyl (C=O) groups is 1. The van der Waals surface area contributed by atoms with Crippen LogP contribution < -0.4 is 4.74 Å². The topological polar surface area (TPSA) is 42.4 Å². The molecule has 0 aliphatic rings. The number of fused-ring (bicyclic) bond motifs is 1. The maximum absolute atomic E-state index is 13.6. The van der Waals surface area contributed by atoms with Crippen molar-refractivity contribution in [1.29, 1.82) is 0 Å². The maximum Gasteiger partial charge on any atom is 0.417 e. The molecule has 0 saturated heterocycles. The molecule has 0 aliphatic carbocycles. The largest absolute Gasteiger partial charge is 0.497 e. The lowest BCUT2D eigenvalue weighted by atomic mass is 10.0. The lowest BCUT2D eigenvalue weighted by Crippen LogP contribution is -2.34. The molecule has 0 atom stereocenters. The van der Waals surface area contributed by atoms with Crippen LogP contribution in [0.5, 0.6) is 5.75 Å². The number of alkyl halides is 3. The fourth-order valence-electron chi connectivity index (χ4n) is 2.19. The highest BCUT2D eigenvalue weighted by Gasteiger charge is 2.38. The van der Waals surface area contributed by atoms with E-state index in [1.807, 2.05) is 0 Å². The lowest BCUT2D eigenvalue weighted by Gasteiger charge is -2.23. The van der Waals surface area contributed by atoms with Gasteiger partial charge in [-0.3, -0.25) is 9.78 Å². The van der Waals surface area contributed by atoms with Crippen molar-refractivity contribution in [1.82, 2.24) is 9.88 Å². The quantitative estimate of drug-likeness (QED) is 0.863. The summed E-state index contributed by atoms with van der Waals surface area (Å²) in [7, 11) is 2.83.